The first kappa shape index (κ1) is 25.4. The Morgan fingerprint density at radius 1 is 1.03 bits per heavy atom. The number of aryl methyl sites for hydroxylation is 1. The molecule has 2 aromatic carbocycles. The number of hydrogen-bond donors (Lipinski definition) is 3. The Bertz CT molecular complexity index is 1680. The van der Waals surface area contributed by atoms with Crippen molar-refractivity contribution in [3.63, 3.8) is 0 Å². The number of anilines is 1. The van der Waals surface area contributed by atoms with Gasteiger partial charge in [0.15, 0.2) is 10.7 Å². The molecule has 0 radical (unpaired) electrons. The van der Waals surface area contributed by atoms with E-state index < -0.39 is 10.0 Å². The quantitative estimate of drug-likeness (QED) is 0.205. The van der Waals surface area contributed by atoms with Crippen LogP contribution < -0.4 is 10.0 Å². The molecule has 0 fully saturated rings. The summed E-state index contributed by atoms with van der Waals surface area (Å²) in [5.74, 6) is 0.792. The van der Waals surface area contributed by atoms with Crippen molar-refractivity contribution in [1.82, 2.24) is 19.3 Å². The lowest BCUT2D eigenvalue weighted by Crippen LogP contribution is -2.22. The van der Waals surface area contributed by atoms with E-state index in [2.05, 4.69) is 50.1 Å². The average Bonchev–Trinajstić information content (AvgIpc) is 3.52. The maximum absolute atomic E-state index is 12.5. The summed E-state index contributed by atoms with van der Waals surface area (Å²) in [6.07, 6.45) is 2.62. The lowest BCUT2D eigenvalue weighted by molar-refractivity contribution is 0.491. The molecule has 0 aliphatic rings. The van der Waals surface area contributed by atoms with Crippen LogP contribution in [0.25, 0.3) is 16.9 Å². The normalized spacial score (nSPS) is 11.7. The van der Waals surface area contributed by atoms with E-state index in [-0.39, 0.29) is 15.8 Å². The zero-order valence-electron chi connectivity index (χ0n) is 19.8. The van der Waals surface area contributed by atoms with Gasteiger partial charge in [0.05, 0.1) is 16.4 Å². The van der Waals surface area contributed by atoms with E-state index in [0.717, 1.165) is 50.4 Å². The number of halogens is 1. The molecular formula is C26H24BrN5O3S2. The number of hydrogen-bond acceptors (Lipinski definition) is 7. The second kappa shape index (κ2) is 10.6. The molecule has 8 nitrogen and oxygen atoms in total. The number of sulfonamides is 1. The van der Waals surface area contributed by atoms with Crippen molar-refractivity contribution in [3.05, 3.63) is 94.1 Å². The third-order valence-corrected chi connectivity index (χ3v) is 9.21. The molecule has 0 atom stereocenters. The van der Waals surface area contributed by atoms with Crippen molar-refractivity contribution in [3.8, 4) is 16.3 Å². The highest BCUT2D eigenvalue weighted by molar-refractivity contribution is 9.10. The minimum atomic E-state index is -3.69. The van der Waals surface area contributed by atoms with E-state index in [0.29, 0.717) is 12.2 Å². The van der Waals surface area contributed by atoms with Crippen LogP contribution in [0.3, 0.4) is 0 Å². The number of fused-ring (bicyclic) bond motifs is 1. The molecule has 3 aromatic heterocycles. The Morgan fingerprint density at radius 3 is 2.57 bits per heavy atom. The van der Waals surface area contributed by atoms with Gasteiger partial charge in [-0.3, -0.25) is 0 Å². The van der Waals surface area contributed by atoms with Crippen LogP contribution in [-0.4, -0.2) is 28.1 Å². The maximum Gasteiger partial charge on any atom is 0.250 e. The van der Waals surface area contributed by atoms with Crippen molar-refractivity contribution >= 4 is 48.8 Å². The maximum atomic E-state index is 12.5. The first-order chi connectivity index (χ1) is 17.8. The Morgan fingerprint density at radius 2 is 1.81 bits per heavy atom. The van der Waals surface area contributed by atoms with Gasteiger partial charge in [0, 0.05) is 24.7 Å². The van der Waals surface area contributed by atoms with Crippen LogP contribution in [0.5, 0.6) is 5.06 Å². The SMILES string of the molecule is CCc1ccccc1-c1cc(NCc2cccc(CNS(=O)(=O)c3ccc(O)s3)c2)n2ncc(Br)c2n1. The smallest absolute Gasteiger partial charge is 0.250 e. The van der Waals surface area contributed by atoms with Gasteiger partial charge in [-0.1, -0.05) is 66.8 Å². The lowest BCUT2D eigenvalue weighted by atomic mass is 10.0. The van der Waals surface area contributed by atoms with Gasteiger partial charge in [-0.2, -0.15) is 9.61 Å². The molecule has 3 heterocycles. The van der Waals surface area contributed by atoms with Gasteiger partial charge in [0.2, 0.25) is 10.0 Å². The summed E-state index contributed by atoms with van der Waals surface area (Å²) in [5.41, 5.74) is 5.68. The molecule has 37 heavy (non-hydrogen) atoms. The summed E-state index contributed by atoms with van der Waals surface area (Å²) in [5, 5.41) is 17.4. The Kier molecular flexibility index (Phi) is 7.29. The van der Waals surface area contributed by atoms with Crippen LogP contribution >= 0.6 is 27.3 Å². The fourth-order valence-corrected chi connectivity index (χ4v) is 6.47. The number of nitrogens with zero attached hydrogens (tertiary/aromatic N) is 3. The average molecular weight is 599 g/mol. The largest absolute Gasteiger partial charge is 0.499 e. The molecule has 5 aromatic rings. The first-order valence-electron chi connectivity index (χ1n) is 11.6. The van der Waals surface area contributed by atoms with E-state index in [1.165, 1.54) is 17.7 Å². The summed E-state index contributed by atoms with van der Waals surface area (Å²) in [7, 11) is -3.69. The summed E-state index contributed by atoms with van der Waals surface area (Å²) in [4.78, 5) is 4.85. The van der Waals surface area contributed by atoms with Gasteiger partial charge in [0.1, 0.15) is 10.0 Å². The van der Waals surface area contributed by atoms with Crippen LogP contribution in [0, 0.1) is 0 Å². The summed E-state index contributed by atoms with van der Waals surface area (Å²) in [6.45, 7) is 2.77. The van der Waals surface area contributed by atoms with Crippen LogP contribution in [0.1, 0.15) is 23.6 Å². The van der Waals surface area contributed by atoms with Crippen LogP contribution in [0.2, 0.25) is 0 Å². The van der Waals surface area contributed by atoms with Crippen molar-refractivity contribution in [2.45, 2.75) is 30.6 Å². The Hall–Kier alpha value is -3.25. The third-order valence-electron chi connectivity index (χ3n) is 5.87. The topological polar surface area (TPSA) is 109 Å². The Labute approximate surface area is 227 Å². The minimum absolute atomic E-state index is 0.0378. The van der Waals surface area contributed by atoms with Crippen molar-refractivity contribution in [2.24, 2.45) is 0 Å². The molecule has 0 aliphatic carbocycles. The number of benzene rings is 2. The summed E-state index contributed by atoms with van der Waals surface area (Å²) in [6, 6.07) is 20.7. The highest BCUT2D eigenvalue weighted by atomic mass is 79.9. The number of nitrogens with one attached hydrogen (secondary N) is 2. The van der Waals surface area contributed by atoms with Crippen molar-refractivity contribution in [1.29, 1.82) is 0 Å². The fraction of sp³-hybridized carbons (Fsp3) is 0.154. The first-order valence-corrected chi connectivity index (χ1v) is 14.7. The Balaban J connectivity index is 1.36. The standard InChI is InChI=1S/C26H24BrN5O3S2/c1-2-19-8-3-4-9-20(19)22-13-23(32-26(31-22)21(27)16-29-32)28-14-17-6-5-7-18(12-17)15-30-37(34,35)25-11-10-24(33)36-25/h3-13,16,28,30,33H,2,14-15H2,1H3. The van der Waals surface area contributed by atoms with Crippen LogP contribution in [0.4, 0.5) is 5.82 Å². The molecule has 0 unspecified atom stereocenters. The molecule has 11 heteroatoms. The fourth-order valence-electron chi connectivity index (χ4n) is 4.03. The second-order valence-corrected chi connectivity index (χ2v) is 12.3. The van der Waals surface area contributed by atoms with E-state index in [4.69, 9.17) is 4.98 Å². The predicted molar refractivity (Wildman–Crippen MR) is 149 cm³/mol. The molecule has 190 valence electrons. The van der Waals surface area contributed by atoms with E-state index in [1.54, 1.807) is 10.7 Å². The highest BCUT2D eigenvalue weighted by Gasteiger charge is 2.17. The van der Waals surface area contributed by atoms with Gasteiger partial charge in [-0.15, -0.1) is 0 Å². The number of rotatable bonds is 9. The lowest BCUT2D eigenvalue weighted by Gasteiger charge is -2.13. The second-order valence-electron chi connectivity index (χ2n) is 8.36. The zero-order valence-corrected chi connectivity index (χ0v) is 23.1. The van der Waals surface area contributed by atoms with Gasteiger partial charge < -0.3 is 10.4 Å². The summed E-state index contributed by atoms with van der Waals surface area (Å²) < 4.78 is 30.2. The predicted octanol–water partition coefficient (Wildman–Crippen LogP) is 5.58. The molecule has 3 N–H and O–H groups in total. The number of aromatic hydroxyl groups is 1. The van der Waals surface area contributed by atoms with Gasteiger partial charge in [-0.25, -0.2) is 18.1 Å². The van der Waals surface area contributed by atoms with Gasteiger partial charge in [0.25, 0.3) is 0 Å². The molecule has 5 rings (SSSR count). The number of aromatic nitrogens is 3. The van der Waals surface area contributed by atoms with E-state index in [9.17, 15) is 13.5 Å². The number of thiophene rings is 1. The zero-order chi connectivity index (χ0) is 26.0. The molecule has 0 bridgehead atoms. The minimum Gasteiger partial charge on any atom is -0.499 e. The van der Waals surface area contributed by atoms with Crippen molar-refractivity contribution < 1.29 is 13.5 Å². The van der Waals surface area contributed by atoms with Crippen LogP contribution in [-0.2, 0) is 29.5 Å². The molecular weight excluding hydrogens is 574 g/mol. The van der Waals surface area contributed by atoms with Crippen molar-refractivity contribution in [2.75, 3.05) is 5.32 Å². The molecule has 0 amide bonds. The van der Waals surface area contributed by atoms with Gasteiger partial charge in [-0.05, 0) is 51.2 Å². The molecule has 0 spiro atoms. The van der Waals surface area contributed by atoms with Gasteiger partial charge >= 0.3 is 0 Å². The molecule has 0 saturated carbocycles. The van der Waals surface area contributed by atoms with E-state index >= 15 is 0 Å². The third kappa shape index (κ3) is 5.54. The molecule has 0 saturated heterocycles. The van der Waals surface area contributed by atoms with E-state index in [1.807, 2.05) is 42.5 Å². The highest BCUT2D eigenvalue weighted by Crippen LogP contribution is 2.29. The summed E-state index contributed by atoms with van der Waals surface area (Å²) >= 11 is 4.38. The van der Waals surface area contributed by atoms with Crippen LogP contribution in [0.15, 0.2) is 81.6 Å². The molecule has 0 aliphatic heterocycles. The monoisotopic (exact) mass is 597 g/mol.